The molecule has 3 unspecified atom stereocenters. The molecule has 0 bridgehead atoms. The monoisotopic (exact) mass is 498 g/mol. The third-order valence-electron chi connectivity index (χ3n) is 13.5. The van der Waals surface area contributed by atoms with Crippen LogP contribution in [0.1, 0.15) is 113 Å². The minimum Gasteiger partial charge on any atom is -0.481 e. The predicted molar refractivity (Wildman–Crippen MR) is 142 cm³/mol. The number of carbonyl (C=O) groups is 2. The first kappa shape index (κ1) is 26.3. The fourth-order valence-electron chi connectivity index (χ4n) is 11.4. The number of rotatable bonds is 2. The average molecular weight is 499 g/mol. The number of hydrogen-bond acceptors (Lipinski definition) is 3. The van der Waals surface area contributed by atoms with Gasteiger partial charge in [-0.2, -0.15) is 0 Å². The highest BCUT2D eigenvalue weighted by molar-refractivity contribution is 5.81. The number of aliphatic carboxylic acids is 1. The van der Waals surface area contributed by atoms with Gasteiger partial charge < -0.3 is 9.84 Å². The number of ether oxygens (including phenoxy) is 1. The van der Waals surface area contributed by atoms with E-state index in [4.69, 9.17) is 4.74 Å². The van der Waals surface area contributed by atoms with Crippen LogP contribution in [0.3, 0.4) is 0 Å². The molecule has 0 aliphatic heterocycles. The zero-order valence-electron chi connectivity index (χ0n) is 24.1. The van der Waals surface area contributed by atoms with Gasteiger partial charge in [0.25, 0.3) is 0 Å². The highest BCUT2D eigenvalue weighted by atomic mass is 16.5. The zero-order valence-corrected chi connectivity index (χ0v) is 24.1. The molecule has 5 aliphatic carbocycles. The Balaban J connectivity index is 1.60. The number of fused-ring (bicyclic) bond motifs is 7. The molecule has 4 saturated carbocycles. The van der Waals surface area contributed by atoms with Crippen molar-refractivity contribution in [2.75, 3.05) is 0 Å². The summed E-state index contributed by atoms with van der Waals surface area (Å²) in [6, 6.07) is 0. The smallest absolute Gasteiger partial charge is 0.314 e. The van der Waals surface area contributed by atoms with Crippen molar-refractivity contribution in [1.82, 2.24) is 0 Å². The molecular formula is C32H50O4. The topological polar surface area (TPSA) is 63.6 Å². The molecule has 1 N–H and O–H groups in total. The molecule has 0 aromatic heterocycles. The Hall–Kier alpha value is -1.32. The molecule has 0 spiro atoms. The van der Waals surface area contributed by atoms with Gasteiger partial charge in [0, 0.05) is 12.3 Å². The Morgan fingerprint density at radius 2 is 1.61 bits per heavy atom. The quantitative estimate of drug-likeness (QED) is 0.313. The summed E-state index contributed by atoms with van der Waals surface area (Å²) in [7, 11) is 0. The van der Waals surface area contributed by atoms with Gasteiger partial charge >= 0.3 is 11.9 Å². The molecular weight excluding hydrogens is 448 g/mol. The highest BCUT2D eigenvalue weighted by Crippen LogP contribution is 2.76. The van der Waals surface area contributed by atoms with Gasteiger partial charge in [0.2, 0.25) is 0 Å². The molecule has 36 heavy (non-hydrogen) atoms. The lowest BCUT2D eigenvalue weighted by molar-refractivity contribution is -0.220. The zero-order chi connectivity index (χ0) is 26.5. The van der Waals surface area contributed by atoms with Gasteiger partial charge in [0.15, 0.2) is 0 Å². The van der Waals surface area contributed by atoms with Gasteiger partial charge in [0.1, 0.15) is 6.10 Å². The minimum atomic E-state index is -0.754. The first-order chi connectivity index (χ1) is 16.6. The van der Waals surface area contributed by atoms with Crippen LogP contribution in [0.15, 0.2) is 11.6 Å². The van der Waals surface area contributed by atoms with Crippen LogP contribution in [-0.4, -0.2) is 23.1 Å². The molecule has 0 amide bonds. The van der Waals surface area contributed by atoms with Crippen molar-refractivity contribution in [3.63, 3.8) is 0 Å². The van der Waals surface area contributed by atoms with Crippen molar-refractivity contribution in [1.29, 1.82) is 0 Å². The molecule has 4 heteroatoms. The number of hydrogen-bond donors (Lipinski definition) is 1. The summed E-state index contributed by atoms with van der Waals surface area (Å²) in [5.41, 5.74) is 0.459. The van der Waals surface area contributed by atoms with E-state index in [9.17, 15) is 14.7 Å². The number of esters is 1. The Bertz CT molecular complexity index is 981. The van der Waals surface area contributed by atoms with E-state index in [1.165, 1.54) is 25.3 Å². The number of carbonyl (C=O) groups excluding carboxylic acids is 1. The van der Waals surface area contributed by atoms with Crippen LogP contribution in [0.25, 0.3) is 0 Å². The molecule has 0 saturated heterocycles. The fourth-order valence-corrected chi connectivity index (χ4v) is 11.4. The standard InChI is InChI=1S/C32H50O4/c1-19-11-14-29(6)17-18-32(27(34)35)22(26(29)20(19)2)9-10-24-30(7)15-13-25(36-21(3)33)28(4,5)23(30)12-16-31(24,32)8/h9,19-20,23-26H,10-18H2,1-8H3,(H,34,35)/t19-,20+,23?,24?,25+,26?,29-,30+,31-,32-/m1/s1. The van der Waals surface area contributed by atoms with Crippen LogP contribution >= 0.6 is 0 Å². The summed E-state index contributed by atoms with van der Waals surface area (Å²) in [4.78, 5) is 25.5. The van der Waals surface area contributed by atoms with E-state index in [0.29, 0.717) is 29.6 Å². The van der Waals surface area contributed by atoms with Gasteiger partial charge in [-0.15, -0.1) is 0 Å². The lowest BCUT2D eigenvalue weighted by atomic mass is 9.33. The lowest BCUT2D eigenvalue weighted by Crippen LogP contribution is -2.67. The maximum Gasteiger partial charge on any atom is 0.314 e. The van der Waals surface area contributed by atoms with E-state index in [0.717, 1.165) is 44.9 Å². The molecule has 0 heterocycles. The van der Waals surface area contributed by atoms with Crippen LogP contribution in [-0.2, 0) is 14.3 Å². The van der Waals surface area contributed by atoms with Crippen LogP contribution in [0, 0.1) is 56.7 Å². The largest absolute Gasteiger partial charge is 0.481 e. The van der Waals surface area contributed by atoms with E-state index >= 15 is 0 Å². The first-order valence-corrected chi connectivity index (χ1v) is 14.8. The number of carboxylic acid groups (broad SMARTS) is 1. The van der Waals surface area contributed by atoms with Crippen molar-refractivity contribution < 1.29 is 19.4 Å². The van der Waals surface area contributed by atoms with Crippen molar-refractivity contribution in [2.45, 2.75) is 119 Å². The maximum absolute atomic E-state index is 13.6. The van der Waals surface area contributed by atoms with Crippen molar-refractivity contribution in [3.8, 4) is 0 Å². The van der Waals surface area contributed by atoms with E-state index in [-0.39, 0.29) is 33.7 Å². The third-order valence-corrected chi connectivity index (χ3v) is 13.5. The van der Waals surface area contributed by atoms with Crippen molar-refractivity contribution in [3.05, 3.63) is 11.6 Å². The molecule has 0 aromatic rings. The number of allylic oxidation sites excluding steroid dienone is 1. The Kier molecular flexibility index (Phi) is 5.91. The Morgan fingerprint density at radius 1 is 0.917 bits per heavy atom. The molecule has 5 rings (SSSR count). The maximum atomic E-state index is 13.6. The van der Waals surface area contributed by atoms with Gasteiger partial charge in [-0.1, -0.05) is 60.1 Å². The summed E-state index contributed by atoms with van der Waals surface area (Å²) in [5.74, 6) is 1.55. The molecule has 10 atom stereocenters. The van der Waals surface area contributed by atoms with Crippen molar-refractivity contribution in [2.24, 2.45) is 56.7 Å². The summed E-state index contributed by atoms with van der Waals surface area (Å²) in [6.07, 6.45) is 11.5. The van der Waals surface area contributed by atoms with Gasteiger partial charge in [-0.05, 0) is 104 Å². The van der Waals surface area contributed by atoms with Gasteiger partial charge in [-0.25, -0.2) is 0 Å². The molecule has 0 radical (unpaired) electrons. The van der Waals surface area contributed by atoms with Crippen LogP contribution in [0.5, 0.6) is 0 Å². The number of carboxylic acids is 1. The molecule has 4 nitrogen and oxygen atoms in total. The van der Waals surface area contributed by atoms with E-state index in [1.807, 2.05) is 0 Å². The van der Waals surface area contributed by atoms with Gasteiger partial charge in [-0.3, -0.25) is 9.59 Å². The Labute approximate surface area is 219 Å². The molecule has 4 fully saturated rings. The van der Waals surface area contributed by atoms with Crippen LogP contribution in [0.4, 0.5) is 0 Å². The second-order valence-electron chi connectivity index (χ2n) is 15.1. The summed E-state index contributed by atoms with van der Waals surface area (Å²) in [6.45, 7) is 18.2. The highest BCUT2D eigenvalue weighted by Gasteiger charge is 2.72. The summed E-state index contributed by atoms with van der Waals surface area (Å²) < 4.78 is 5.85. The van der Waals surface area contributed by atoms with E-state index in [1.54, 1.807) is 0 Å². The third kappa shape index (κ3) is 3.17. The second-order valence-corrected chi connectivity index (χ2v) is 15.1. The van der Waals surface area contributed by atoms with Crippen molar-refractivity contribution >= 4 is 11.9 Å². The Morgan fingerprint density at radius 3 is 2.25 bits per heavy atom. The van der Waals surface area contributed by atoms with E-state index in [2.05, 4.69) is 54.5 Å². The second kappa shape index (κ2) is 8.09. The minimum absolute atomic E-state index is 0.0455. The fraction of sp³-hybridized carbons (Fsp3) is 0.875. The molecule has 5 aliphatic rings. The molecule has 0 aromatic carbocycles. The molecule has 202 valence electrons. The van der Waals surface area contributed by atoms with Crippen LogP contribution < -0.4 is 0 Å². The van der Waals surface area contributed by atoms with E-state index < -0.39 is 11.4 Å². The first-order valence-electron chi connectivity index (χ1n) is 14.8. The average Bonchev–Trinajstić information content (AvgIpc) is 2.77. The van der Waals surface area contributed by atoms with Gasteiger partial charge in [0.05, 0.1) is 5.41 Å². The summed E-state index contributed by atoms with van der Waals surface area (Å²) >= 11 is 0. The van der Waals surface area contributed by atoms with Crippen LogP contribution in [0.2, 0.25) is 0 Å². The predicted octanol–water partition coefficient (Wildman–Crippen LogP) is 7.66. The SMILES string of the molecule is CC(=O)O[C@H]1CC[C@@]2(C)C(CC[C@]3(C)C2CC=C2C4[C@@H](C)[C@H](C)CC[C@]4(C)CC[C@]23C(=O)O)C1(C)C. The lowest BCUT2D eigenvalue weighted by Gasteiger charge is -2.70. The summed E-state index contributed by atoms with van der Waals surface area (Å²) in [5, 5.41) is 11.2. The normalized spacial score (nSPS) is 51.5.